The maximum atomic E-state index is 10.6. The normalized spacial score (nSPS) is 37.9. The second-order valence-electron chi connectivity index (χ2n) is 3.43. The van der Waals surface area contributed by atoms with Crippen LogP contribution in [0.15, 0.2) is 0 Å². The zero-order chi connectivity index (χ0) is 11.6. The minimum Gasteiger partial charge on any atom is -0.390 e. The lowest BCUT2D eigenvalue weighted by Gasteiger charge is -2.33. The first-order valence-corrected chi connectivity index (χ1v) is 6.15. The Morgan fingerprint density at radius 1 is 1.40 bits per heavy atom. The van der Waals surface area contributed by atoms with Crippen LogP contribution < -0.4 is 0 Å². The molecular weight excluding hydrogens is 228 g/mol. The molecule has 1 aliphatic rings. The Balaban J connectivity index is 2.45. The fourth-order valence-electron chi connectivity index (χ4n) is 1.24. The molecule has 1 saturated heterocycles. The van der Waals surface area contributed by atoms with E-state index < -0.39 is 34.7 Å². The molecule has 0 aromatic heterocycles. The molecule has 15 heavy (non-hydrogen) atoms. The van der Waals surface area contributed by atoms with Gasteiger partial charge in [-0.3, -0.25) is 4.18 Å². The molecule has 7 nitrogen and oxygen atoms in total. The highest BCUT2D eigenvalue weighted by molar-refractivity contribution is 7.85. The molecule has 1 aliphatic heterocycles. The summed E-state index contributed by atoms with van der Waals surface area (Å²) in [6, 6.07) is 0. The maximum Gasteiger partial charge on any atom is 0.264 e. The number of rotatable bonds is 3. The summed E-state index contributed by atoms with van der Waals surface area (Å²) in [6.07, 6.45) is -3.91. The summed E-state index contributed by atoms with van der Waals surface area (Å²) in [5.74, 6) is 0. The van der Waals surface area contributed by atoms with Crippen molar-refractivity contribution < 1.29 is 32.7 Å². The van der Waals surface area contributed by atoms with E-state index in [0.717, 1.165) is 6.26 Å². The number of hydrogen-bond acceptors (Lipinski definition) is 7. The van der Waals surface area contributed by atoms with E-state index >= 15 is 0 Å². The smallest absolute Gasteiger partial charge is 0.264 e. The number of ether oxygens (including phenoxy) is 1. The van der Waals surface area contributed by atoms with Crippen LogP contribution in [0, 0.1) is 0 Å². The van der Waals surface area contributed by atoms with Gasteiger partial charge in [-0.25, -0.2) is 0 Å². The van der Waals surface area contributed by atoms with Gasteiger partial charge in [0.25, 0.3) is 10.1 Å². The van der Waals surface area contributed by atoms with Crippen LogP contribution >= 0.6 is 0 Å². The third-order valence-corrected chi connectivity index (χ3v) is 2.55. The van der Waals surface area contributed by atoms with E-state index in [1.165, 1.54) is 0 Å². The van der Waals surface area contributed by atoms with Crippen molar-refractivity contribution in [1.29, 1.82) is 0 Å². The zero-order valence-corrected chi connectivity index (χ0v) is 8.92. The molecule has 0 aromatic rings. The van der Waals surface area contributed by atoms with Gasteiger partial charge in [0.05, 0.1) is 25.1 Å². The molecule has 1 fully saturated rings. The molecular formula is C7H14O7S. The Kier molecular flexibility index (Phi) is 4.04. The summed E-state index contributed by atoms with van der Waals surface area (Å²) in [6.45, 7) is -0.292. The van der Waals surface area contributed by atoms with Gasteiger partial charge in [-0.15, -0.1) is 0 Å². The number of hydrogen-bond donors (Lipinski definition) is 3. The van der Waals surface area contributed by atoms with E-state index in [4.69, 9.17) is 14.9 Å². The molecule has 3 N–H and O–H groups in total. The van der Waals surface area contributed by atoms with Crippen LogP contribution in [0.25, 0.3) is 0 Å². The summed E-state index contributed by atoms with van der Waals surface area (Å²) in [4.78, 5) is 0. The first-order valence-electron chi connectivity index (χ1n) is 4.33. The second kappa shape index (κ2) is 4.73. The first-order chi connectivity index (χ1) is 6.79. The maximum absolute atomic E-state index is 10.6. The molecule has 0 aliphatic carbocycles. The summed E-state index contributed by atoms with van der Waals surface area (Å²) >= 11 is 0. The van der Waals surface area contributed by atoms with Crippen molar-refractivity contribution in [2.45, 2.75) is 31.0 Å². The Morgan fingerprint density at radius 3 is 2.47 bits per heavy atom. The summed E-state index contributed by atoms with van der Waals surface area (Å²) in [5, 5.41) is 27.5. The minimum atomic E-state index is -3.58. The Bertz CT molecular complexity index is 288. The third-order valence-electron chi connectivity index (χ3n) is 1.99. The highest BCUT2D eigenvalue weighted by Crippen LogP contribution is 2.19. The van der Waals surface area contributed by atoms with Crippen LogP contribution in [-0.2, 0) is 19.0 Å². The SMILES string of the molecule is CS(=O)(=O)OC[C@@H]1C[C@H](O)[C@H](O)[C@@H](O)O1. The van der Waals surface area contributed by atoms with Crippen molar-refractivity contribution in [2.24, 2.45) is 0 Å². The van der Waals surface area contributed by atoms with E-state index in [0.29, 0.717) is 0 Å². The van der Waals surface area contributed by atoms with E-state index in [-0.39, 0.29) is 13.0 Å². The van der Waals surface area contributed by atoms with Gasteiger partial charge in [-0.05, 0) is 0 Å². The van der Waals surface area contributed by atoms with Gasteiger partial charge >= 0.3 is 0 Å². The molecule has 0 saturated carbocycles. The topological polar surface area (TPSA) is 113 Å². The molecule has 4 atom stereocenters. The average Bonchev–Trinajstić information content (AvgIpc) is 2.09. The van der Waals surface area contributed by atoms with Crippen molar-refractivity contribution in [2.75, 3.05) is 12.9 Å². The van der Waals surface area contributed by atoms with Gasteiger partial charge in [0.1, 0.15) is 6.10 Å². The van der Waals surface area contributed by atoms with Crippen molar-refractivity contribution >= 4 is 10.1 Å². The highest BCUT2D eigenvalue weighted by Gasteiger charge is 2.35. The van der Waals surface area contributed by atoms with Crippen molar-refractivity contribution in [3.05, 3.63) is 0 Å². The van der Waals surface area contributed by atoms with Gasteiger partial charge in [0, 0.05) is 6.42 Å². The fourth-order valence-corrected chi connectivity index (χ4v) is 1.64. The Labute approximate surface area is 87.4 Å². The van der Waals surface area contributed by atoms with Crippen LogP contribution in [-0.4, -0.2) is 61.2 Å². The Morgan fingerprint density at radius 2 is 2.00 bits per heavy atom. The van der Waals surface area contributed by atoms with Gasteiger partial charge in [-0.2, -0.15) is 8.42 Å². The molecule has 0 amide bonds. The van der Waals surface area contributed by atoms with Gasteiger partial charge in [0.2, 0.25) is 0 Å². The van der Waals surface area contributed by atoms with Crippen LogP contribution in [0.2, 0.25) is 0 Å². The lowest BCUT2D eigenvalue weighted by atomic mass is 10.0. The van der Waals surface area contributed by atoms with Crippen LogP contribution in [0.4, 0.5) is 0 Å². The molecule has 1 heterocycles. The van der Waals surface area contributed by atoms with Crippen molar-refractivity contribution in [3.63, 3.8) is 0 Å². The van der Waals surface area contributed by atoms with Crippen molar-refractivity contribution in [3.8, 4) is 0 Å². The summed E-state index contributed by atoms with van der Waals surface area (Å²) < 4.78 is 30.6. The Hall–Kier alpha value is -0.250. The first kappa shape index (κ1) is 12.8. The van der Waals surface area contributed by atoms with E-state index in [9.17, 15) is 13.5 Å². The minimum absolute atomic E-state index is 0.00769. The average molecular weight is 242 g/mol. The quantitative estimate of drug-likeness (QED) is 0.481. The van der Waals surface area contributed by atoms with E-state index in [2.05, 4.69) is 4.18 Å². The van der Waals surface area contributed by atoms with Crippen LogP contribution in [0.5, 0.6) is 0 Å². The largest absolute Gasteiger partial charge is 0.390 e. The standard InChI is InChI=1S/C7H14O7S/c1-15(11,12)13-3-4-2-5(8)6(9)7(10)14-4/h4-10H,2-3H2,1H3/t4-,5-,6-,7-/m0/s1. The predicted octanol–water partition coefficient (Wildman–Crippen LogP) is -2.21. The fraction of sp³-hybridized carbons (Fsp3) is 1.00. The molecule has 1 rings (SSSR count). The molecule has 0 bridgehead atoms. The van der Waals surface area contributed by atoms with E-state index in [1.54, 1.807) is 0 Å². The van der Waals surface area contributed by atoms with Crippen molar-refractivity contribution in [1.82, 2.24) is 0 Å². The highest BCUT2D eigenvalue weighted by atomic mass is 32.2. The van der Waals surface area contributed by atoms with Gasteiger partial charge in [-0.1, -0.05) is 0 Å². The monoisotopic (exact) mass is 242 g/mol. The molecule has 0 unspecified atom stereocenters. The summed E-state index contributed by atoms with van der Waals surface area (Å²) in [5.41, 5.74) is 0. The van der Waals surface area contributed by atoms with Gasteiger partial charge < -0.3 is 20.1 Å². The van der Waals surface area contributed by atoms with Crippen LogP contribution in [0.1, 0.15) is 6.42 Å². The molecule has 90 valence electrons. The predicted molar refractivity (Wildman–Crippen MR) is 48.3 cm³/mol. The second-order valence-corrected chi connectivity index (χ2v) is 5.07. The van der Waals surface area contributed by atoms with Gasteiger partial charge in [0.15, 0.2) is 6.29 Å². The third kappa shape index (κ3) is 4.01. The summed E-state index contributed by atoms with van der Waals surface area (Å²) in [7, 11) is -3.58. The van der Waals surface area contributed by atoms with E-state index in [1.807, 2.05) is 0 Å². The van der Waals surface area contributed by atoms with Crippen LogP contribution in [0.3, 0.4) is 0 Å². The molecule has 0 radical (unpaired) electrons. The zero-order valence-electron chi connectivity index (χ0n) is 8.11. The lowest BCUT2D eigenvalue weighted by molar-refractivity contribution is -0.250. The lowest BCUT2D eigenvalue weighted by Crippen LogP contribution is -2.49. The molecule has 0 aromatic carbocycles. The molecule has 8 heteroatoms. The molecule has 0 spiro atoms. The number of aliphatic hydroxyl groups is 3. The number of aliphatic hydroxyl groups excluding tert-OH is 3.